The Labute approximate surface area is 83.3 Å². The standard InChI is InChI=1S/C11H14O3/c1-2-13-11-6-4-8-3-5-9(12)7-10(8)14-11/h3,5,7,11-12H,2,4,6H2,1H3. The lowest BCUT2D eigenvalue weighted by Crippen LogP contribution is -2.25. The number of fused-ring (bicyclic) bond motifs is 1. The van der Waals surface area contributed by atoms with Crippen LogP contribution in [0.5, 0.6) is 11.5 Å². The van der Waals surface area contributed by atoms with E-state index in [0.717, 1.165) is 24.2 Å². The van der Waals surface area contributed by atoms with Gasteiger partial charge in [0.1, 0.15) is 11.5 Å². The maximum absolute atomic E-state index is 9.28. The summed E-state index contributed by atoms with van der Waals surface area (Å²) in [5.74, 6) is 0.982. The molecule has 3 nitrogen and oxygen atoms in total. The Morgan fingerprint density at radius 1 is 1.57 bits per heavy atom. The SMILES string of the molecule is CCOC1CCc2ccc(O)cc2O1. The van der Waals surface area contributed by atoms with Crippen LogP contribution in [0.2, 0.25) is 0 Å². The molecule has 1 aromatic carbocycles. The monoisotopic (exact) mass is 194 g/mol. The number of hydrogen-bond acceptors (Lipinski definition) is 3. The van der Waals surface area contributed by atoms with Crippen LogP contribution < -0.4 is 4.74 Å². The maximum Gasteiger partial charge on any atom is 0.200 e. The Balaban J connectivity index is 2.16. The third kappa shape index (κ3) is 1.82. The Morgan fingerprint density at radius 2 is 2.43 bits per heavy atom. The molecule has 76 valence electrons. The van der Waals surface area contributed by atoms with Gasteiger partial charge in [0.2, 0.25) is 0 Å². The second-order valence-electron chi connectivity index (χ2n) is 3.33. The highest BCUT2D eigenvalue weighted by atomic mass is 16.7. The van der Waals surface area contributed by atoms with E-state index < -0.39 is 0 Å². The van der Waals surface area contributed by atoms with Gasteiger partial charge in [-0.25, -0.2) is 0 Å². The van der Waals surface area contributed by atoms with Crippen molar-refractivity contribution in [2.45, 2.75) is 26.1 Å². The number of aromatic hydroxyl groups is 1. The quantitative estimate of drug-likeness (QED) is 0.783. The van der Waals surface area contributed by atoms with Gasteiger partial charge in [0.05, 0.1) is 0 Å². The van der Waals surface area contributed by atoms with Crippen molar-refractivity contribution in [2.75, 3.05) is 6.61 Å². The maximum atomic E-state index is 9.28. The number of hydrogen-bond donors (Lipinski definition) is 1. The van der Waals surface area contributed by atoms with Crippen molar-refractivity contribution in [1.82, 2.24) is 0 Å². The summed E-state index contributed by atoms with van der Waals surface area (Å²) in [4.78, 5) is 0. The zero-order chi connectivity index (χ0) is 9.97. The lowest BCUT2D eigenvalue weighted by Gasteiger charge is -2.25. The number of phenolic OH excluding ortho intramolecular Hbond substituents is 1. The fourth-order valence-corrected chi connectivity index (χ4v) is 1.64. The van der Waals surface area contributed by atoms with Crippen molar-refractivity contribution in [1.29, 1.82) is 0 Å². The molecule has 0 fully saturated rings. The van der Waals surface area contributed by atoms with Gasteiger partial charge in [0, 0.05) is 19.1 Å². The molecule has 0 bridgehead atoms. The molecule has 1 heterocycles. The summed E-state index contributed by atoms with van der Waals surface area (Å²) in [6.45, 7) is 2.60. The van der Waals surface area contributed by atoms with Gasteiger partial charge < -0.3 is 14.6 Å². The van der Waals surface area contributed by atoms with Gasteiger partial charge in [-0.05, 0) is 25.0 Å². The minimum Gasteiger partial charge on any atom is -0.508 e. The molecule has 1 atom stereocenters. The van der Waals surface area contributed by atoms with Crippen LogP contribution in [0.3, 0.4) is 0 Å². The van der Waals surface area contributed by atoms with Gasteiger partial charge >= 0.3 is 0 Å². The van der Waals surface area contributed by atoms with Crippen LogP contribution in [-0.4, -0.2) is 18.0 Å². The van der Waals surface area contributed by atoms with Crippen LogP contribution in [0, 0.1) is 0 Å². The number of phenols is 1. The van der Waals surface area contributed by atoms with Crippen molar-refractivity contribution in [3.05, 3.63) is 23.8 Å². The molecule has 1 unspecified atom stereocenters. The zero-order valence-corrected chi connectivity index (χ0v) is 8.19. The summed E-state index contributed by atoms with van der Waals surface area (Å²) in [5, 5.41) is 9.28. The summed E-state index contributed by atoms with van der Waals surface area (Å²) in [6.07, 6.45) is 1.67. The molecule has 2 rings (SSSR count). The zero-order valence-electron chi connectivity index (χ0n) is 8.19. The van der Waals surface area contributed by atoms with Crippen molar-refractivity contribution in [3.63, 3.8) is 0 Å². The van der Waals surface area contributed by atoms with Gasteiger partial charge in [-0.1, -0.05) is 6.07 Å². The van der Waals surface area contributed by atoms with Crippen LogP contribution in [0.4, 0.5) is 0 Å². The minimum atomic E-state index is -0.158. The Hall–Kier alpha value is -1.22. The Kier molecular flexibility index (Phi) is 2.59. The van der Waals surface area contributed by atoms with E-state index in [-0.39, 0.29) is 12.0 Å². The molecule has 0 aliphatic carbocycles. The van der Waals surface area contributed by atoms with Crippen molar-refractivity contribution >= 4 is 0 Å². The first-order chi connectivity index (χ1) is 6.79. The largest absolute Gasteiger partial charge is 0.508 e. The van der Waals surface area contributed by atoms with E-state index in [1.807, 2.05) is 13.0 Å². The topological polar surface area (TPSA) is 38.7 Å². The molecule has 3 heteroatoms. The van der Waals surface area contributed by atoms with E-state index >= 15 is 0 Å². The van der Waals surface area contributed by atoms with Crippen LogP contribution in [0.25, 0.3) is 0 Å². The fraction of sp³-hybridized carbons (Fsp3) is 0.455. The van der Waals surface area contributed by atoms with E-state index in [9.17, 15) is 5.11 Å². The Morgan fingerprint density at radius 3 is 3.21 bits per heavy atom. The predicted octanol–water partition coefficient (Wildman–Crippen LogP) is 2.08. The summed E-state index contributed by atoms with van der Waals surface area (Å²) in [7, 11) is 0. The Bertz CT molecular complexity index is 322. The number of aryl methyl sites for hydroxylation is 1. The minimum absolute atomic E-state index is 0.158. The van der Waals surface area contributed by atoms with Gasteiger partial charge in [0.25, 0.3) is 0 Å². The first-order valence-electron chi connectivity index (χ1n) is 4.89. The molecule has 0 radical (unpaired) electrons. The van der Waals surface area contributed by atoms with Crippen LogP contribution in [0.1, 0.15) is 18.9 Å². The average molecular weight is 194 g/mol. The summed E-state index contributed by atoms with van der Waals surface area (Å²) in [5.41, 5.74) is 1.14. The van der Waals surface area contributed by atoms with Crippen molar-refractivity contribution < 1.29 is 14.6 Å². The van der Waals surface area contributed by atoms with Crippen LogP contribution in [-0.2, 0) is 11.2 Å². The number of benzene rings is 1. The number of rotatable bonds is 2. The highest BCUT2D eigenvalue weighted by Crippen LogP contribution is 2.30. The van der Waals surface area contributed by atoms with Crippen molar-refractivity contribution in [3.8, 4) is 11.5 Å². The van der Waals surface area contributed by atoms with Crippen LogP contribution >= 0.6 is 0 Å². The molecule has 0 saturated carbocycles. The normalized spacial score (nSPS) is 19.9. The molecular weight excluding hydrogens is 180 g/mol. The van der Waals surface area contributed by atoms with E-state index in [0.29, 0.717) is 6.61 Å². The third-order valence-electron chi connectivity index (χ3n) is 2.31. The van der Waals surface area contributed by atoms with Gasteiger partial charge in [-0.15, -0.1) is 0 Å². The first kappa shape index (κ1) is 9.34. The predicted molar refractivity (Wildman–Crippen MR) is 52.5 cm³/mol. The molecule has 1 aromatic rings. The smallest absolute Gasteiger partial charge is 0.200 e. The lowest BCUT2D eigenvalue weighted by molar-refractivity contribution is -0.0862. The average Bonchev–Trinajstić information content (AvgIpc) is 2.17. The van der Waals surface area contributed by atoms with E-state index in [4.69, 9.17) is 9.47 Å². The molecule has 0 saturated heterocycles. The van der Waals surface area contributed by atoms with E-state index in [1.54, 1.807) is 12.1 Å². The third-order valence-corrected chi connectivity index (χ3v) is 2.31. The summed E-state index contributed by atoms with van der Waals surface area (Å²) < 4.78 is 10.9. The molecule has 0 aromatic heterocycles. The van der Waals surface area contributed by atoms with Crippen LogP contribution in [0.15, 0.2) is 18.2 Å². The first-order valence-corrected chi connectivity index (χ1v) is 4.89. The van der Waals surface area contributed by atoms with Gasteiger partial charge in [-0.3, -0.25) is 0 Å². The summed E-state index contributed by atoms with van der Waals surface area (Å²) in [6, 6.07) is 5.22. The molecule has 1 N–H and O–H groups in total. The molecule has 1 aliphatic heterocycles. The van der Waals surface area contributed by atoms with E-state index in [2.05, 4.69) is 0 Å². The molecule has 0 amide bonds. The molecule has 0 spiro atoms. The second-order valence-corrected chi connectivity index (χ2v) is 3.33. The number of ether oxygens (including phenoxy) is 2. The van der Waals surface area contributed by atoms with Gasteiger partial charge in [-0.2, -0.15) is 0 Å². The fourth-order valence-electron chi connectivity index (χ4n) is 1.64. The molecular formula is C11H14O3. The van der Waals surface area contributed by atoms with E-state index in [1.165, 1.54) is 0 Å². The highest BCUT2D eigenvalue weighted by Gasteiger charge is 2.19. The molecule has 14 heavy (non-hydrogen) atoms. The summed E-state index contributed by atoms with van der Waals surface area (Å²) >= 11 is 0. The molecule has 1 aliphatic rings. The van der Waals surface area contributed by atoms with Gasteiger partial charge in [0.15, 0.2) is 6.29 Å². The highest BCUT2D eigenvalue weighted by molar-refractivity contribution is 5.41. The second kappa shape index (κ2) is 3.88. The lowest BCUT2D eigenvalue weighted by atomic mass is 10.1. The van der Waals surface area contributed by atoms with Crippen molar-refractivity contribution in [2.24, 2.45) is 0 Å².